The van der Waals surface area contributed by atoms with Gasteiger partial charge in [0.1, 0.15) is 0 Å². The van der Waals surface area contributed by atoms with Crippen molar-refractivity contribution in [1.82, 2.24) is 10.2 Å². The topological polar surface area (TPSA) is 47.6 Å². The van der Waals surface area contributed by atoms with Crippen LogP contribution in [0.5, 0.6) is 0 Å². The van der Waals surface area contributed by atoms with E-state index < -0.39 is 0 Å². The second-order valence-corrected chi connectivity index (χ2v) is 6.03. The van der Waals surface area contributed by atoms with Gasteiger partial charge >= 0.3 is 6.03 Å². The molecule has 0 aromatic heterocycles. The molecule has 1 saturated heterocycles. The number of carbonyl (C=O) groups excluding carboxylic acids is 1. The zero-order chi connectivity index (χ0) is 14.7. The third kappa shape index (κ3) is 3.29. The number of rotatable bonds is 2. The van der Waals surface area contributed by atoms with E-state index in [-0.39, 0.29) is 6.03 Å². The Morgan fingerprint density at radius 2 is 2.05 bits per heavy atom. The minimum absolute atomic E-state index is 0.0304. The number of benzene rings is 1. The molecule has 0 aliphatic carbocycles. The number of anilines is 2. The van der Waals surface area contributed by atoms with Crippen LogP contribution in [-0.2, 0) is 0 Å². The van der Waals surface area contributed by atoms with E-state index in [2.05, 4.69) is 22.6 Å². The first-order valence-electron chi connectivity index (χ1n) is 7.81. The van der Waals surface area contributed by atoms with Crippen LogP contribution in [0, 0.1) is 5.92 Å². The zero-order valence-electron chi connectivity index (χ0n) is 12.6. The van der Waals surface area contributed by atoms with E-state index in [1.54, 1.807) is 0 Å². The number of hydrogen-bond acceptors (Lipinski definition) is 3. The Hall–Kier alpha value is -1.75. The average molecular weight is 288 g/mol. The van der Waals surface area contributed by atoms with Gasteiger partial charge in [0.05, 0.1) is 11.4 Å². The summed E-state index contributed by atoms with van der Waals surface area (Å²) in [5.41, 5.74) is 2.02. The maximum absolute atomic E-state index is 12.4. The first kappa shape index (κ1) is 14.2. The van der Waals surface area contributed by atoms with Gasteiger partial charge in [-0.3, -0.25) is 4.90 Å². The fourth-order valence-corrected chi connectivity index (χ4v) is 3.09. The molecule has 2 N–H and O–H groups in total. The molecule has 0 saturated carbocycles. The number of amides is 2. The Morgan fingerprint density at radius 3 is 2.86 bits per heavy atom. The van der Waals surface area contributed by atoms with Crippen molar-refractivity contribution in [3.8, 4) is 0 Å². The molecule has 1 aromatic carbocycles. The van der Waals surface area contributed by atoms with Gasteiger partial charge in [-0.25, -0.2) is 4.79 Å². The van der Waals surface area contributed by atoms with Crippen LogP contribution < -0.4 is 15.5 Å². The van der Waals surface area contributed by atoms with Crippen LogP contribution in [0.2, 0.25) is 0 Å². The van der Waals surface area contributed by atoms with Gasteiger partial charge in [-0.1, -0.05) is 12.1 Å². The van der Waals surface area contributed by atoms with Crippen LogP contribution in [-0.4, -0.2) is 50.7 Å². The Balaban J connectivity index is 1.57. The van der Waals surface area contributed by atoms with Crippen LogP contribution in [0.1, 0.15) is 12.8 Å². The maximum Gasteiger partial charge on any atom is 0.322 e. The molecule has 2 amide bonds. The van der Waals surface area contributed by atoms with Gasteiger partial charge in [-0.15, -0.1) is 0 Å². The van der Waals surface area contributed by atoms with Gasteiger partial charge in [0.25, 0.3) is 0 Å². The molecular formula is C16H24N4O. The summed E-state index contributed by atoms with van der Waals surface area (Å²) < 4.78 is 0. The molecule has 0 atom stereocenters. The molecule has 5 nitrogen and oxygen atoms in total. The van der Waals surface area contributed by atoms with Gasteiger partial charge in [0.15, 0.2) is 0 Å². The van der Waals surface area contributed by atoms with E-state index in [0.29, 0.717) is 5.92 Å². The van der Waals surface area contributed by atoms with E-state index in [9.17, 15) is 4.79 Å². The highest BCUT2D eigenvalue weighted by Crippen LogP contribution is 2.28. The highest BCUT2D eigenvalue weighted by atomic mass is 16.2. The average Bonchev–Trinajstić information content (AvgIpc) is 2.53. The predicted octanol–water partition coefficient (Wildman–Crippen LogP) is 1.97. The molecule has 5 heteroatoms. The van der Waals surface area contributed by atoms with Crippen molar-refractivity contribution in [3.05, 3.63) is 24.3 Å². The first-order chi connectivity index (χ1) is 10.2. The van der Waals surface area contributed by atoms with Crippen molar-refractivity contribution in [2.45, 2.75) is 12.8 Å². The minimum atomic E-state index is 0.0304. The third-order valence-electron chi connectivity index (χ3n) is 4.47. The number of para-hydroxylation sites is 2. The van der Waals surface area contributed by atoms with Crippen molar-refractivity contribution in [2.75, 3.05) is 50.0 Å². The molecule has 2 aliphatic heterocycles. The lowest BCUT2D eigenvalue weighted by atomic mass is 9.97. The second-order valence-electron chi connectivity index (χ2n) is 6.03. The Morgan fingerprint density at radius 1 is 1.29 bits per heavy atom. The lowest BCUT2D eigenvalue weighted by molar-refractivity contribution is 0.211. The van der Waals surface area contributed by atoms with E-state index >= 15 is 0 Å². The lowest BCUT2D eigenvalue weighted by Crippen LogP contribution is -2.47. The quantitative estimate of drug-likeness (QED) is 0.874. The van der Waals surface area contributed by atoms with E-state index in [4.69, 9.17) is 0 Å². The Bertz CT molecular complexity index is 497. The van der Waals surface area contributed by atoms with Gasteiger partial charge in [0, 0.05) is 19.6 Å². The summed E-state index contributed by atoms with van der Waals surface area (Å²) in [5, 5.41) is 6.45. The Kier molecular flexibility index (Phi) is 4.29. The summed E-state index contributed by atoms with van der Waals surface area (Å²) in [7, 11) is 2.16. The van der Waals surface area contributed by atoms with Crippen LogP contribution in [0.25, 0.3) is 0 Å². The van der Waals surface area contributed by atoms with Gasteiger partial charge < -0.3 is 15.5 Å². The van der Waals surface area contributed by atoms with Crippen molar-refractivity contribution >= 4 is 17.4 Å². The standard InChI is InChI=1S/C16H24N4O/c1-19-9-6-13(7-10-19)12-18-16(21)20-11-8-17-14-4-2-3-5-15(14)20/h2-5,13,17H,6-12H2,1H3,(H,18,21). The largest absolute Gasteiger partial charge is 0.382 e. The molecule has 1 fully saturated rings. The molecule has 114 valence electrons. The number of nitrogens with one attached hydrogen (secondary N) is 2. The summed E-state index contributed by atoms with van der Waals surface area (Å²) in [6.45, 7) is 4.59. The molecule has 21 heavy (non-hydrogen) atoms. The van der Waals surface area contributed by atoms with Crippen LogP contribution in [0.4, 0.5) is 16.2 Å². The Labute approximate surface area is 126 Å². The fraction of sp³-hybridized carbons (Fsp3) is 0.562. The fourth-order valence-electron chi connectivity index (χ4n) is 3.09. The molecule has 0 spiro atoms. The van der Waals surface area contributed by atoms with E-state index in [1.165, 1.54) is 12.8 Å². The van der Waals surface area contributed by atoms with Crippen LogP contribution >= 0.6 is 0 Å². The smallest absolute Gasteiger partial charge is 0.322 e. The molecule has 0 radical (unpaired) electrons. The number of carbonyl (C=O) groups is 1. The molecule has 3 rings (SSSR count). The van der Waals surface area contributed by atoms with E-state index in [1.807, 2.05) is 29.2 Å². The number of fused-ring (bicyclic) bond motifs is 1. The molecule has 1 aromatic rings. The van der Waals surface area contributed by atoms with Gasteiger partial charge in [-0.05, 0) is 51.0 Å². The lowest BCUT2D eigenvalue weighted by Gasteiger charge is -2.32. The van der Waals surface area contributed by atoms with Crippen molar-refractivity contribution in [3.63, 3.8) is 0 Å². The number of hydrogen-bond donors (Lipinski definition) is 2. The summed E-state index contributed by atoms with van der Waals surface area (Å²) in [4.78, 5) is 16.6. The summed E-state index contributed by atoms with van der Waals surface area (Å²) >= 11 is 0. The van der Waals surface area contributed by atoms with Crippen LogP contribution in [0.15, 0.2) is 24.3 Å². The molecule has 0 unspecified atom stereocenters. The molecule has 2 aliphatic rings. The SMILES string of the molecule is CN1CCC(CNC(=O)N2CCNc3ccccc32)CC1. The number of urea groups is 1. The third-order valence-corrected chi connectivity index (χ3v) is 4.47. The molecular weight excluding hydrogens is 264 g/mol. The van der Waals surface area contributed by atoms with E-state index in [0.717, 1.165) is 44.1 Å². The van der Waals surface area contributed by atoms with Crippen molar-refractivity contribution in [1.29, 1.82) is 0 Å². The maximum atomic E-state index is 12.4. The van der Waals surface area contributed by atoms with Gasteiger partial charge in [0.2, 0.25) is 0 Å². The monoisotopic (exact) mass is 288 g/mol. The predicted molar refractivity (Wildman–Crippen MR) is 85.9 cm³/mol. The number of nitrogens with zero attached hydrogens (tertiary/aromatic N) is 2. The van der Waals surface area contributed by atoms with Gasteiger partial charge in [-0.2, -0.15) is 0 Å². The van der Waals surface area contributed by atoms with Crippen molar-refractivity contribution < 1.29 is 4.79 Å². The molecule has 0 bridgehead atoms. The minimum Gasteiger partial charge on any atom is -0.382 e. The highest BCUT2D eigenvalue weighted by molar-refractivity contribution is 5.96. The number of piperidine rings is 1. The highest BCUT2D eigenvalue weighted by Gasteiger charge is 2.23. The normalized spacial score (nSPS) is 19.8. The summed E-state index contributed by atoms with van der Waals surface area (Å²) in [5.74, 6) is 0.614. The van der Waals surface area contributed by atoms with Crippen LogP contribution in [0.3, 0.4) is 0 Å². The first-order valence-corrected chi connectivity index (χ1v) is 7.81. The van der Waals surface area contributed by atoms with Crippen molar-refractivity contribution in [2.24, 2.45) is 5.92 Å². The summed E-state index contributed by atoms with van der Waals surface area (Å²) in [6, 6.07) is 8.01. The zero-order valence-corrected chi connectivity index (χ0v) is 12.6. The second kappa shape index (κ2) is 6.35. The number of likely N-dealkylation sites (tertiary alicyclic amines) is 1. The molecule has 2 heterocycles. The summed E-state index contributed by atoms with van der Waals surface area (Å²) in [6.07, 6.45) is 2.35.